The van der Waals surface area contributed by atoms with Crippen molar-refractivity contribution in [3.05, 3.63) is 70.4 Å². The van der Waals surface area contributed by atoms with Crippen molar-refractivity contribution in [1.29, 1.82) is 0 Å². The number of hydrogen-bond acceptors (Lipinski definition) is 6. The summed E-state index contributed by atoms with van der Waals surface area (Å²) in [6.07, 6.45) is 2.34. The number of H-pyrrole nitrogens is 1. The number of nitrogens with zero attached hydrogens (tertiary/aromatic N) is 3. The second-order valence-corrected chi connectivity index (χ2v) is 7.04. The standard InChI is InChI=1S/C22H22N4O4/c1-29-16-6-3-5-14(11-16)22(28)26-10-8-15(13-26)20-24-18(12-19(27)25-20)17-7-4-9-23-21(17)30-2/h3-7,9,11-12,15H,8,10,13H2,1-2H3,(H,24,25,27)/t15-/m1/s1. The predicted molar refractivity (Wildman–Crippen MR) is 111 cm³/mol. The van der Waals surface area contributed by atoms with Crippen molar-refractivity contribution in [2.24, 2.45) is 0 Å². The molecule has 8 nitrogen and oxygen atoms in total. The van der Waals surface area contributed by atoms with Crippen LogP contribution in [0.4, 0.5) is 0 Å². The molecule has 1 fully saturated rings. The minimum absolute atomic E-state index is 0.0603. The summed E-state index contributed by atoms with van der Waals surface area (Å²) in [7, 11) is 3.10. The van der Waals surface area contributed by atoms with Gasteiger partial charge in [-0.15, -0.1) is 0 Å². The van der Waals surface area contributed by atoms with E-state index in [1.165, 1.54) is 13.2 Å². The van der Waals surface area contributed by atoms with E-state index in [0.29, 0.717) is 53.8 Å². The molecule has 1 aliphatic heterocycles. The Kier molecular flexibility index (Phi) is 5.47. The number of aromatic amines is 1. The Morgan fingerprint density at radius 3 is 2.83 bits per heavy atom. The zero-order valence-electron chi connectivity index (χ0n) is 16.8. The Balaban J connectivity index is 1.58. The number of likely N-dealkylation sites (tertiary alicyclic amines) is 1. The molecule has 8 heteroatoms. The molecule has 4 rings (SSSR count). The third kappa shape index (κ3) is 3.89. The lowest BCUT2D eigenvalue weighted by atomic mass is 10.1. The summed E-state index contributed by atoms with van der Waals surface area (Å²) in [5.74, 6) is 1.48. The van der Waals surface area contributed by atoms with E-state index < -0.39 is 0 Å². The quantitative estimate of drug-likeness (QED) is 0.699. The highest BCUT2D eigenvalue weighted by molar-refractivity contribution is 5.94. The SMILES string of the molecule is COc1cccc(C(=O)N2CC[C@@H](c3nc(-c4cccnc4OC)cc(=O)[nH]3)C2)c1. The highest BCUT2D eigenvalue weighted by atomic mass is 16.5. The van der Waals surface area contributed by atoms with Crippen LogP contribution in [0.5, 0.6) is 11.6 Å². The molecule has 1 atom stereocenters. The largest absolute Gasteiger partial charge is 0.497 e. The highest BCUT2D eigenvalue weighted by Gasteiger charge is 2.30. The number of hydrogen-bond donors (Lipinski definition) is 1. The molecule has 0 bridgehead atoms. The minimum atomic E-state index is -0.251. The maximum absolute atomic E-state index is 12.9. The Bertz CT molecular complexity index is 1130. The van der Waals surface area contributed by atoms with Gasteiger partial charge in [0.2, 0.25) is 5.88 Å². The van der Waals surface area contributed by atoms with Crippen LogP contribution in [0.15, 0.2) is 53.5 Å². The Labute approximate surface area is 173 Å². The summed E-state index contributed by atoms with van der Waals surface area (Å²) in [5.41, 5.74) is 1.47. The average Bonchev–Trinajstić information content (AvgIpc) is 3.28. The summed E-state index contributed by atoms with van der Waals surface area (Å²) >= 11 is 0. The molecular weight excluding hydrogens is 384 g/mol. The van der Waals surface area contributed by atoms with Gasteiger partial charge in [-0.05, 0) is 36.8 Å². The number of methoxy groups -OCH3 is 2. The smallest absolute Gasteiger partial charge is 0.254 e. The number of ether oxygens (including phenoxy) is 2. The van der Waals surface area contributed by atoms with Crippen molar-refractivity contribution >= 4 is 5.91 Å². The second kappa shape index (κ2) is 8.36. The Morgan fingerprint density at radius 1 is 1.17 bits per heavy atom. The number of amides is 1. The lowest BCUT2D eigenvalue weighted by molar-refractivity contribution is 0.0790. The van der Waals surface area contributed by atoms with Crippen LogP contribution in [0, 0.1) is 0 Å². The van der Waals surface area contributed by atoms with E-state index in [0.717, 1.165) is 0 Å². The van der Waals surface area contributed by atoms with Crippen LogP contribution < -0.4 is 15.0 Å². The first-order chi connectivity index (χ1) is 14.6. The van der Waals surface area contributed by atoms with Crippen LogP contribution in [0.2, 0.25) is 0 Å². The molecule has 0 spiro atoms. The number of aromatic nitrogens is 3. The van der Waals surface area contributed by atoms with Crippen molar-refractivity contribution in [1.82, 2.24) is 19.9 Å². The van der Waals surface area contributed by atoms with Crippen molar-refractivity contribution in [3.63, 3.8) is 0 Å². The molecule has 1 amide bonds. The fourth-order valence-corrected chi connectivity index (χ4v) is 3.66. The van der Waals surface area contributed by atoms with Crippen LogP contribution in [-0.2, 0) is 0 Å². The van der Waals surface area contributed by atoms with Crippen molar-refractivity contribution in [2.45, 2.75) is 12.3 Å². The molecule has 1 N–H and O–H groups in total. The number of rotatable bonds is 5. The molecule has 1 aliphatic rings. The van der Waals surface area contributed by atoms with E-state index in [-0.39, 0.29) is 17.4 Å². The fourth-order valence-electron chi connectivity index (χ4n) is 3.66. The first kappa shape index (κ1) is 19.6. The van der Waals surface area contributed by atoms with E-state index in [1.54, 1.807) is 48.5 Å². The molecule has 0 saturated carbocycles. The minimum Gasteiger partial charge on any atom is -0.497 e. The molecule has 0 radical (unpaired) electrons. The first-order valence-corrected chi connectivity index (χ1v) is 9.63. The number of nitrogens with one attached hydrogen (secondary N) is 1. The van der Waals surface area contributed by atoms with Gasteiger partial charge in [0.25, 0.3) is 11.5 Å². The number of pyridine rings is 1. The van der Waals surface area contributed by atoms with E-state index >= 15 is 0 Å². The highest BCUT2D eigenvalue weighted by Crippen LogP contribution is 2.29. The van der Waals surface area contributed by atoms with E-state index in [4.69, 9.17) is 9.47 Å². The van der Waals surface area contributed by atoms with Gasteiger partial charge in [0.1, 0.15) is 11.6 Å². The number of carbonyl (C=O) groups excluding carboxylic acids is 1. The molecule has 1 saturated heterocycles. The molecule has 2 aromatic heterocycles. The van der Waals surface area contributed by atoms with Crippen molar-refractivity contribution < 1.29 is 14.3 Å². The van der Waals surface area contributed by atoms with Gasteiger partial charge < -0.3 is 19.4 Å². The topological polar surface area (TPSA) is 97.4 Å². The van der Waals surface area contributed by atoms with Gasteiger partial charge in [-0.2, -0.15) is 0 Å². The van der Waals surface area contributed by atoms with Gasteiger partial charge in [-0.25, -0.2) is 9.97 Å². The van der Waals surface area contributed by atoms with Crippen LogP contribution in [0.1, 0.15) is 28.5 Å². The first-order valence-electron chi connectivity index (χ1n) is 9.63. The molecule has 1 aromatic carbocycles. The molecule has 3 aromatic rings. The van der Waals surface area contributed by atoms with Crippen LogP contribution >= 0.6 is 0 Å². The second-order valence-electron chi connectivity index (χ2n) is 7.04. The van der Waals surface area contributed by atoms with Gasteiger partial charge in [0, 0.05) is 36.8 Å². The molecule has 3 heterocycles. The van der Waals surface area contributed by atoms with Gasteiger partial charge in [0.15, 0.2) is 0 Å². The monoisotopic (exact) mass is 406 g/mol. The zero-order valence-corrected chi connectivity index (χ0v) is 16.8. The normalized spacial score (nSPS) is 15.8. The van der Waals surface area contributed by atoms with E-state index in [2.05, 4.69) is 15.0 Å². The predicted octanol–water partition coefficient (Wildman–Crippen LogP) is 2.48. The molecule has 0 unspecified atom stereocenters. The van der Waals surface area contributed by atoms with Crippen LogP contribution in [-0.4, -0.2) is 53.1 Å². The summed E-state index contributed by atoms with van der Waals surface area (Å²) in [5, 5.41) is 0. The van der Waals surface area contributed by atoms with Gasteiger partial charge in [0.05, 0.1) is 25.5 Å². The van der Waals surface area contributed by atoms with E-state index in [1.807, 2.05) is 6.07 Å². The van der Waals surface area contributed by atoms with Crippen molar-refractivity contribution in [2.75, 3.05) is 27.3 Å². The number of benzene rings is 1. The Morgan fingerprint density at radius 2 is 2.03 bits per heavy atom. The van der Waals surface area contributed by atoms with Crippen LogP contribution in [0.3, 0.4) is 0 Å². The average molecular weight is 406 g/mol. The van der Waals surface area contributed by atoms with Crippen molar-refractivity contribution in [3.8, 4) is 22.9 Å². The maximum atomic E-state index is 12.9. The number of carbonyl (C=O) groups is 1. The summed E-state index contributed by atoms with van der Waals surface area (Å²) < 4.78 is 10.5. The van der Waals surface area contributed by atoms with Gasteiger partial charge >= 0.3 is 0 Å². The third-order valence-electron chi connectivity index (χ3n) is 5.18. The molecule has 154 valence electrons. The van der Waals surface area contributed by atoms with E-state index in [9.17, 15) is 9.59 Å². The van der Waals surface area contributed by atoms with Crippen LogP contribution in [0.25, 0.3) is 11.3 Å². The zero-order chi connectivity index (χ0) is 21.1. The third-order valence-corrected chi connectivity index (χ3v) is 5.18. The molecular formula is C22H22N4O4. The van der Waals surface area contributed by atoms with Gasteiger partial charge in [-0.1, -0.05) is 6.07 Å². The van der Waals surface area contributed by atoms with Gasteiger partial charge in [-0.3, -0.25) is 9.59 Å². The summed E-state index contributed by atoms with van der Waals surface area (Å²) in [4.78, 5) is 38.6. The molecule has 0 aliphatic carbocycles. The maximum Gasteiger partial charge on any atom is 0.254 e. The fraction of sp³-hybridized carbons (Fsp3) is 0.273. The lowest BCUT2D eigenvalue weighted by Gasteiger charge is -2.17. The molecule has 30 heavy (non-hydrogen) atoms. The lowest BCUT2D eigenvalue weighted by Crippen LogP contribution is -2.28. The summed E-state index contributed by atoms with van der Waals surface area (Å²) in [6.45, 7) is 1.07. The summed E-state index contributed by atoms with van der Waals surface area (Å²) in [6, 6.07) is 12.1. The Hall–Kier alpha value is -3.68.